The summed E-state index contributed by atoms with van der Waals surface area (Å²) in [4.78, 5) is 11.1. The molecule has 0 saturated heterocycles. The predicted molar refractivity (Wildman–Crippen MR) is 61.2 cm³/mol. The van der Waals surface area contributed by atoms with Crippen LogP contribution in [0.15, 0.2) is 12.4 Å². The maximum atomic E-state index is 11.1. The monoisotopic (exact) mass is 225 g/mol. The molecule has 0 fully saturated rings. The first-order valence-corrected chi connectivity index (χ1v) is 5.55. The third-order valence-electron chi connectivity index (χ3n) is 2.19. The van der Waals surface area contributed by atoms with E-state index in [-0.39, 0.29) is 6.04 Å². The number of aromatic nitrogens is 2. The molecule has 1 unspecified atom stereocenters. The van der Waals surface area contributed by atoms with Gasteiger partial charge in [-0.05, 0) is 20.3 Å². The standard InChI is InChI=1S/C11H19N3O2/c1-4-5-14-7-9(6-12-14)10(11(15)16)13-8(2)3/h6-8,10,13H,4-5H2,1-3H3,(H,15,16). The van der Waals surface area contributed by atoms with Gasteiger partial charge in [-0.2, -0.15) is 5.10 Å². The molecule has 0 saturated carbocycles. The maximum absolute atomic E-state index is 11.1. The van der Waals surface area contributed by atoms with Gasteiger partial charge in [0.15, 0.2) is 0 Å². The van der Waals surface area contributed by atoms with Crippen molar-refractivity contribution in [1.82, 2.24) is 15.1 Å². The Bertz CT molecular complexity index is 347. The lowest BCUT2D eigenvalue weighted by atomic mass is 10.1. The second-order valence-corrected chi connectivity index (χ2v) is 4.13. The van der Waals surface area contributed by atoms with Crippen molar-refractivity contribution in [3.05, 3.63) is 18.0 Å². The van der Waals surface area contributed by atoms with E-state index in [1.165, 1.54) is 0 Å². The SMILES string of the molecule is CCCn1cc(C(NC(C)C)C(=O)O)cn1. The first-order chi connectivity index (χ1) is 7.54. The van der Waals surface area contributed by atoms with Crippen LogP contribution in [0.1, 0.15) is 38.8 Å². The van der Waals surface area contributed by atoms with Crippen LogP contribution in [0.3, 0.4) is 0 Å². The Morgan fingerprint density at radius 2 is 2.31 bits per heavy atom. The minimum Gasteiger partial charge on any atom is -0.480 e. The molecule has 0 aliphatic carbocycles. The second-order valence-electron chi connectivity index (χ2n) is 4.13. The highest BCUT2D eigenvalue weighted by Crippen LogP contribution is 2.13. The van der Waals surface area contributed by atoms with Crippen LogP contribution in [0.5, 0.6) is 0 Å². The number of carbonyl (C=O) groups is 1. The lowest BCUT2D eigenvalue weighted by Crippen LogP contribution is -2.33. The summed E-state index contributed by atoms with van der Waals surface area (Å²) >= 11 is 0. The van der Waals surface area contributed by atoms with E-state index < -0.39 is 12.0 Å². The highest BCUT2D eigenvalue weighted by molar-refractivity contribution is 5.75. The van der Waals surface area contributed by atoms with Gasteiger partial charge in [-0.1, -0.05) is 6.92 Å². The lowest BCUT2D eigenvalue weighted by molar-refractivity contribution is -0.139. The van der Waals surface area contributed by atoms with Gasteiger partial charge in [0, 0.05) is 24.3 Å². The number of aryl methyl sites for hydroxylation is 1. The lowest BCUT2D eigenvalue weighted by Gasteiger charge is -2.15. The Kier molecular flexibility index (Phi) is 4.49. The molecule has 0 bridgehead atoms. The zero-order valence-electron chi connectivity index (χ0n) is 9.97. The largest absolute Gasteiger partial charge is 0.480 e. The predicted octanol–water partition coefficient (Wildman–Crippen LogP) is 1.42. The highest BCUT2D eigenvalue weighted by Gasteiger charge is 2.21. The fourth-order valence-corrected chi connectivity index (χ4v) is 1.52. The molecule has 1 rings (SSSR count). The van der Waals surface area contributed by atoms with Gasteiger partial charge in [0.1, 0.15) is 6.04 Å². The summed E-state index contributed by atoms with van der Waals surface area (Å²) in [6.45, 7) is 6.72. The Morgan fingerprint density at radius 1 is 1.62 bits per heavy atom. The number of hydrogen-bond donors (Lipinski definition) is 2. The van der Waals surface area contributed by atoms with Crippen molar-refractivity contribution in [2.24, 2.45) is 0 Å². The Hall–Kier alpha value is -1.36. The number of carboxylic acid groups (broad SMARTS) is 1. The molecule has 0 aliphatic heterocycles. The highest BCUT2D eigenvalue weighted by atomic mass is 16.4. The summed E-state index contributed by atoms with van der Waals surface area (Å²) in [6.07, 6.45) is 4.39. The maximum Gasteiger partial charge on any atom is 0.325 e. The van der Waals surface area contributed by atoms with Crippen molar-refractivity contribution >= 4 is 5.97 Å². The van der Waals surface area contributed by atoms with Crippen LogP contribution >= 0.6 is 0 Å². The smallest absolute Gasteiger partial charge is 0.325 e. The van der Waals surface area contributed by atoms with Crippen molar-refractivity contribution in [3.63, 3.8) is 0 Å². The van der Waals surface area contributed by atoms with Crippen molar-refractivity contribution in [1.29, 1.82) is 0 Å². The number of hydrogen-bond acceptors (Lipinski definition) is 3. The van der Waals surface area contributed by atoms with E-state index in [0.717, 1.165) is 13.0 Å². The van der Waals surface area contributed by atoms with Crippen molar-refractivity contribution in [2.45, 2.75) is 45.8 Å². The number of nitrogens with one attached hydrogen (secondary N) is 1. The average Bonchev–Trinajstić information content (AvgIpc) is 2.62. The van der Waals surface area contributed by atoms with Crippen LogP contribution in [-0.4, -0.2) is 26.9 Å². The number of aliphatic carboxylic acids is 1. The molecule has 5 heteroatoms. The van der Waals surface area contributed by atoms with Crippen LogP contribution in [0, 0.1) is 0 Å². The molecule has 0 amide bonds. The van der Waals surface area contributed by atoms with Crippen molar-refractivity contribution in [3.8, 4) is 0 Å². The first-order valence-electron chi connectivity index (χ1n) is 5.55. The summed E-state index contributed by atoms with van der Waals surface area (Å²) in [7, 11) is 0. The molecule has 16 heavy (non-hydrogen) atoms. The molecular weight excluding hydrogens is 206 g/mol. The zero-order valence-corrected chi connectivity index (χ0v) is 9.97. The van der Waals surface area contributed by atoms with Gasteiger partial charge in [0.05, 0.1) is 6.20 Å². The van der Waals surface area contributed by atoms with E-state index in [0.29, 0.717) is 5.56 Å². The van der Waals surface area contributed by atoms with Gasteiger partial charge in [-0.25, -0.2) is 0 Å². The van der Waals surface area contributed by atoms with E-state index >= 15 is 0 Å². The zero-order chi connectivity index (χ0) is 12.1. The van der Waals surface area contributed by atoms with E-state index in [1.807, 2.05) is 13.8 Å². The van der Waals surface area contributed by atoms with E-state index in [4.69, 9.17) is 5.11 Å². The fraction of sp³-hybridized carbons (Fsp3) is 0.636. The number of nitrogens with zero attached hydrogens (tertiary/aromatic N) is 2. The summed E-state index contributed by atoms with van der Waals surface area (Å²) in [5.74, 6) is -0.871. The minimum absolute atomic E-state index is 0.121. The Morgan fingerprint density at radius 3 is 2.81 bits per heavy atom. The summed E-state index contributed by atoms with van der Waals surface area (Å²) in [5.41, 5.74) is 0.703. The second kappa shape index (κ2) is 5.65. The molecule has 1 atom stereocenters. The molecule has 1 heterocycles. The van der Waals surface area contributed by atoms with Crippen LogP contribution in [0.2, 0.25) is 0 Å². The van der Waals surface area contributed by atoms with Crippen LogP contribution < -0.4 is 5.32 Å². The molecule has 2 N–H and O–H groups in total. The molecule has 0 aliphatic rings. The van der Waals surface area contributed by atoms with E-state index in [1.54, 1.807) is 17.1 Å². The molecule has 5 nitrogen and oxygen atoms in total. The molecule has 0 spiro atoms. The van der Waals surface area contributed by atoms with Crippen LogP contribution in [0.4, 0.5) is 0 Å². The van der Waals surface area contributed by atoms with Gasteiger partial charge < -0.3 is 5.11 Å². The summed E-state index contributed by atoms with van der Waals surface area (Å²) in [5, 5.41) is 16.2. The first kappa shape index (κ1) is 12.7. The van der Waals surface area contributed by atoms with Gasteiger partial charge >= 0.3 is 5.97 Å². The molecule has 0 aromatic carbocycles. The molecule has 1 aromatic heterocycles. The molecule has 90 valence electrons. The molecule has 0 radical (unpaired) electrons. The third-order valence-corrected chi connectivity index (χ3v) is 2.19. The fourth-order valence-electron chi connectivity index (χ4n) is 1.52. The van der Waals surface area contributed by atoms with Crippen molar-refractivity contribution in [2.75, 3.05) is 0 Å². The average molecular weight is 225 g/mol. The minimum atomic E-state index is -0.871. The number of rotatable bonds is 6. The van der Waals surface area contributed by atoms with Crippen LogP contribution in [0.25, 0.3) is 0 Å². The third kappa shape index (κ3) is 3.34. The van der Waals surface area contributed by atoms with Gasteiger partial charge in [0.2, 0.25) is 0 Å². The Labute approximate surface area is 95.5 Å². The van der Waals surface area contributed by atoms with Crippen molar-refractivity contribution < 1.29 is 9.90 Å². The summed E-state index contributed by atoms with van der Waals surface area (Å²) < 4.78 is 1.77. The number of carboxylic acids is 1. The molecule has 1 aromatic rings. The molecular formula is C11H19N3O2. The normalized spacial score (nSPS) is 13.0. The quantitative estimate of drug-likeness (QED) is 0.768. The van der Waals surface area contributed by atoms with E-state index in [9.17, 15) is 4.79 Å². The van der Waals surface area contributed by atoms with Gasteiger partial charge in [-0.15, -0.1) is 0 Å². The van der Waals surface area contributed by atoms with E-state index in [2.05, 4.69) is 17.3 Å². The summed E-state index contributed by atoms with van der Waals surface area (Å²) in [6, 6.07) is -0.554. The van der Waals surface area contributed by atoms with Crippen LogP contribution in [-0.2, 0) is 11.3 Å². The Balaban J connectivity index is 2.80. The topological polar surface area (TPSA) is 67.2 Å². The van der Waals surface area contributed by atoms with Gasteiger partial charge in [-0.3, -0.25) is 14.8 Å². The van der Waals surface area contributed by atoms with Gasteiger partial charge in [0.25, 0.3) is 0 Å².